The fraction of sp³-hybridized carbons (Fsp3) is 0.333. The van der Waals surface area contributed by atoms with Gasteiger partial charge in [0, 0.05) is 12.2 Å². The van der Waals surface area contributed by atoms with E-state index < -0.39 is 0 Å². The molecule has 3 heterocycles. The topological polar surface area (TPSA) is 74.8 Å². The summed E-state index contributed by atoms with van der Waals surface area (Å²) in [6.45, 7) is 4.21. The van der Waals surface area contributed by atoms with E-state index in [-0.39, 0.29) is 24.4 Å². The van der Waals surface area contributed by atoms with Gasteiger partial charge < -0.3 is 4.74 Å². The Bertz CT molecular complexity index is 1240. The van der Waals surface area contributed by atoms with Crippen molar-refractivity contribution < 1.29 is 4.74 Å². The lowest BCUT2D eigenvalue weighted by atomic mass is 10.2. The number of fused-ring (bicyclic) bond motifs is 2. The number of rotatable bonds is 5. The molecule has 0 unspecified atom stereocenters. The van der Waals surface area contributed by atoms with Gasteiger partial charge in [0.05, 0.1) is 40.8 Å². The highest BCUT2D eigenvalue weighted by Gasteiger charge is 2.29. The first-order chi connectivity index (χ1) is 13.6. The van der Waals surface area contributed by atoms with Crippen LogP contribution in [-0.4, -0.2) is 30.2 Å². The summed E-state index contributed by atoms with van der Waals surface area (Å²) in [5.41, 5.74) is 2.50. The third-order valence-corrected chi connectivity index (χ3v) is 4.94. The fourth-order valence-corrected chi connectivity index (χ4v) is 3.58. The molecule has 4 aromatic rings. The number of para-hydroxylation sites is 1. The lowest BCUT2D eigenvalue weighted by molar-refractivity contribution is 0.235. The Labute approximate surface area is 161 Å². The van der Waals surface area contributed by atoms with Crippen LogP contribution in [0.1, 0.15) is 38.6 Å². The van der Waals surface area contributed by atoms with Crippen molar-refractivity contribution in [3.05, 3.63) is 59.0 Å². The Balaban J connectivity index is 1.65. The summed E-state index contributed by atoms with van der Waals surface area (Å²) in [5.74, 6) is 1.10. The molecule has 0 atom stereocenters. The molecule has 28 heavy (non-hydrogen) atoms. The summed E-state index contributed by atoms with van der Waals surface area (Å²) in [5, 5.41) is 0.870. The SMILES string of the molecule is CC(C)Oc1nc(Cn2c(=O)n(C3CC3)c3ccncc32)nc2ccccc12. The Hall–Kier alpha value is -3.22. The van der Waals surface area contributed by atoms with E-state index in [0.29, 0.717) is 11.7 Å². The van der Waals surface area contributed by atoms with Crippen LogP contribution in [0, 0.1) is 0 Å². The second kappa shape index (κ2) is 6.44. The number of hydrogen-bond donors (Lipinski definition) is 0. The van der Waals surface area contributed by atoms with E-state index in [2.05, 4.69) is 15.0 Å². The molecule has 0 bridgehead atoms. The van der Waals surface area contributed by atoms with Gasteiger partial charge in [0.25, 0.3) is 0 Å². The van der Waals surface area contributed by atoms with E-state index in [1.165, 1.54) is 0 Å². The summed E-state index contributed by atoms with van der Waals surface area (Å²) in [6, 6.07) is 9.96. The molecular weight excluding hydrogens is 354 g/mol. The van der Waals surface area contributed by atoms with Crippen LogP contribution in [0.4, 0.5) is 0 Å². The van der Waals surface area contributed by atoms with Gasteiger partial charge in [-0.05, 0) is 44.9 Å². The Kier molecular flexibility index (Phi) is 3.89. The van der Waals surface area contributed by atoms with Gasteiger partial charge in [-0.1, -0.05) is 12.1 Å². The minimum atomic E-state index is -0.0337. The summed E-state index contributed by atoms with van der Waals surface area (Å²) in [4.78, 5) is 26.6. The van der Waals surface area contributed by atoms with Gasteiger partial charge in [-0.2, -0.15) is 4.98 Å². The van der Waals surface area contributed by atoms with Crippen molar-refractivity contribution in [1.82, 2.24) is 24.1 Å². The molecule has 1 fully saturated rings. The molecule has 1 aromatic carbocycles. The standard InChI is InChI=1S/C21H21N5O2/c1-13(2)28-20-15-5-3-4-6-16(15)23-19(24-20)12-25-18-11-22-10-9-17(18)26(21(25)27)14-7-8-14/h3-6,9-11,13-14H,7-8,12H2,1-2H3. The van der Waals surface area contributed by atoms with Gasteiger partial charge in [0.15, 0.2) is 5.82 Å². The maximum atomic E-state index is 13.1. The molecule has 0 aliphatic heterocycles. The lowest BCUT2D eigenvalue weighted by Gasteiger charge is -2.13. The molecule has 5 rings (SSSR count). The molecule has 1 saturated carbocycles. The van der Waals surface area contributed by atoms with Gasteiger partial charge in [0.1, 0.15) is 0 Å². The van der Waals surface area contributed by atoms with Crippen LogP contribution in [-0.2, 0) is 6.54 Å². The molecule has 0 saturated heterocycles. The van der Waals surface area contributed by atoms with E-state index in [0.717, 1.165) is 34.8 Å². The number of benzene rings is 1. The molecule has 1 aliphatic rings. The number of pyridine rings is 1. The number of nitrogens with zero attached hydrogens (tertiary/aromatic N) is 5. The number of aromatic nitrogens is 5. The highest BCUT2D eigenvalue weighted by Crippen LogP contribution is 2.36. The van der Waals surface area contributed by atoms with Crippen molar-refractivity contribution in [2.24, 2.45) is 0 Å². The van der Waals surface area contributed by atoms with E-state index in [4.69, 9.17) is 4.74 Å². The van der Waals surface area contributed by atoms with Crippen molar-refractivity contribution in [3.8, 4) is 5.88 Å². The molecule has 1 aliphatic carbocycles. The lowest BCUT2D eigenvalue weighted by Crippen LogP contribution is -2.25. The van der Waals surface area contributed by atoms with Crippen molar-refractivity contribution in [1.29, 1.82) is 0 Å². The average molecular weight is 375 g/mol. The molecule has 0 radical (unpaired) electrons. The minimum Gasteiger partial charge on any atom is -0.474 e. The smallest absolute Gasteiger partial charge is 0.329 e. The molecule has 7 heteroatoms. The van der Waals surface area contributed by atoms with Crippen LogP contribution in [0.5, 0.6) is 5.88 Å². The van der Waals surface area contributed by atoms with E-state index >= 15 is 0 Å². The highest BCUT2D eigenvalue weighted by atomic mass is 16.5. The summed E-state index contributed by atoms with van der Waals surface area (Å²) < 4.78 is 9.51. The van der Waals surface area contributed by atoms with Crippen LogP contribution in [0.25, 0.3) is 21.9 Å². The van der Waals surface area contributed by atoms with Crippen LogP contribution >= 0.6 is 0 Å². The Morgan fingerprint density at radius 2 is 1.96 bits per heavy atom. The first-order valence-corrected chi connectivity index (χ1v) is 9.59. The van der Waals surface area contributed by atoms with Gasteiger partial charge in [0.2, 0.25) is 5.88 Å². The van der Waals surface area contributed by atoms with Crippen LogP contribution in [0.2, 0.25) is 0 Å². The predicted molar refractivity (Wildman–Crippen MR) is 107 cm³/mol. The zero-order chi connectivity index (χ0) is 19.3. The van der Waals surface area contributed by atoms with Crippen molar-refractivity contribution in [3.63, 3.8) is 0 Å². The molecule has 0 N–H and O–H groups in total. The van der Waals surface area contributed by atoms with E-state index in [9.17, 15) is 4.79 Å². The minimum absolute atomic E-state index is 0.00476. The van der Waals surface area contributed by atoms with Crippen molar-refractivity contribution >= 4 is 21.9 Å². The van der Waals surface area contributed by atoms with Crippen LogP contribution in [0.3, 0.4) is 0 Å². The second-order valence-corrected chi connectivity index (χ2v) is 7.46. The van der Waals surface area contributed by atoms with Crippen molar-refractivity contribution in [2.75, 3.05) is 0 Å². The third-order valence-electron chi connectivity index (χ3n) is 4.94. The normalized spacial score (nSPS) is 14.2. The van der Waals surface area contributed by atoms with Crippen molar-refractivity contribution in [2.45, 2.75) is 45.4 Å². The summed E-state index contributed by atoms with van der Waals surface area (Å²) in [7, 11) is 0. The number of hydrogen-bond acceptors (Lipinski definition) is 5. The van der Waals surface area contributed by atoms with E-state index in [1.54, 1.807) is 17.0 Å². The predicted octanol–water partition coefficient (Wildman–Crippen LogP) is 3.31. The molecule has 3 aromatic heterocycles. The van der Waals surface area contributed by atoms with Gasteiger partial charge >= 0.3 is 5.69 Å². The van der Waals surface area contributed by atoms with Gasteiger partial charge in [-0.3, -0.25) is 14.1 Å². The Morgan fingerprint density at radius 1 is 1.14 bits per heavy atom. The first kappa shape index (κ1) is 16.9. The van der Waals surface area contributed by atoms with Crippen LogP contribution < -0.4 is 10.4 Å². The number of ether oxygens (including phenoxy) is 1. The zero-order valence-corrected chi connectivity index (χ0v) is 15.9. The quantitative estimate of drug-likeness (QED) is 0.535. The molecule has 142 valence electrons. The molecule has 7 nitrogen and oxygen atoms in total. The molecular formula is C21H21N5O2. The van der Waals surface area contributed by atoms with Gasteiger partial charge in [-0.15, -0.1) is 0 Å². The molecule has 0 spiro atoms. The Morgan fingerprint density at radius 3 is 2.75 bits per heavy atom. The van der Waals surface area contributed by atoms with Gasteiger partial charge in [-0.25, -0.2) is 9.78 Å². The average Bonchev–Trinajstić information content (AvgIpc) is 3.47. The first-order valence-electron chi connectivity index (χ1n) is 9.59. The zero-order valence-electron chi connectivity index (χ0n) is 15.9. The highest BCUT2D eigenvalue weighted by molar-refractivity contribution is 5.83. The largest absolute Gasteiger partial charge is 0.474 e. The summed E-state index contributed by atoms with van der Waals surface area (Å²) >= 11 is 0. The second-order valence-electron chi connectivity index (χ2n) is 7.46. The maximum absolute atomic E-state index is 13.1. The summed E-state index contributed by atoms with van der Waals surface area (Å²) in [6.07, 6.45) is 5.55. The number of imidazole rings is 1. The monoisotopic (exact) mass is 375 g/mol. The fourth-order valence-electron chi connectivity index (χ4n) is 3.58. The van der Waals surface area contributed by atoms with E-state index in [1.807, 2.05) is 48.7 Å². The maximum Gasteiger partial charge on any atom is 0.329 e. The van der Waals surface area contributed by atoms with Crippen LogP contribution in [0.15, 0.2) is 47.5 Å². The molecule has 0 amide bonds. The third kappa shape index (κ3) is 2.83.